The monoisotopic (exact) mass is 505 g/mol. The van der Waals surface area contributed by atoms with Gasteiger partial charge in [-0.3, -0.25) is 9.48 Å². The first kappa shape index (κ1) is 25.2. The predicted octanol–water partition coefficient (Wildman–Crippen LogP) is 5.93. The number of anilines is 1. The number of amides is 1. The van der Waals surface area contributed by atoms with E-state index in [4.69, 9.17) is 0 Å². The van der Waals surface area contributed by atoms with Gasteiger partial charge in [-0.05, 0) is 49.9 Å². The van der Waals surface area contributed by atoms with Crippen molar-refractivity contribution in [1.82, 2.24) is 9.78 Å². The molecule has 4 rings (SSSR count). The molecule has 1 aromatic heterocycles. The molecule has 2 N–H and O–H groups in total. The Morgan fingerprint density at radius 3 is 2.53 bits per heavy atom. The molecule has 3 aromatic rings. The van der Waals surface area contributed by atoms with E-state index >= 15 is 0 Å². The highest BCUT2D eigenvalue weighted by atomic mass is 19.4. The fraction of sp³-hybridized carbons (Fsp3) is 0.320. The summed E-state index contributed by atoms with van der Waals surface area (Å²) in [5, 5.41) is 16.7. The summed E-state index contributed by atoms with van der Waals surface area (Å²) in [6, 6.07) is 7.18. The van der Waals surface area contributed by atoms with E-state index in [-0.39, 0.29) is 35.7 Å². The molecule has 36 heavy (non-hydrogen) atoms. The Kier molecular flexibility index (Phi) is 6.50. The van der Waals surface area contributed by atoms with Crippen molar-refractivity contribution in [2.75, 3.05) is 5.32 Å². The number of benzene rings is 2. The number of halogens is 4. The summed E-state index contributed by atoms with van der Waals surface area (Å²) >= 11 is 0. The topological polar surface area (TPSA) is 93.5 Å². The Morgan fingerprint density at radius 2 is 1.94 bits per heavy atom. The summed E-state index contributed by atoms with van der Waals surface area (Å²) in [7, 11) is 0. The SMILES string of the molecule is CCC(C)n1cc(-c2ccc(NC(=O)C3(c4ccc(OC(F)(F)F)cc4F)CC3)cc2C(=O)O)cn1. The Balaban J connectivity index is 1.57. The molecule has 0 spiro atoms. The number of hydrogen-bond donors (Lipinski definition) is 2. The summed E-state index contributed by atoms with van der Waals surface area (Å²) in [5.74, 6) is -3.51. The van der Waals surface area contributed by atoms with Crippen molar-refractivity contribution in [2.24, 2.45) is 0 Å². The summed E-state index contributed by atoms with van der Waals surface area (Å²) < 4.78 is 57.4. The summed E-state index contributed by atoms with van der Waals surface area (Å²) in [4.78, 5) is 25.0. The number of nitrogens with one attached hydrogen (secondary N) is 1. The van der Waals surface area contributed by atoms with E-state index in [0.29, 0.717) is 17.2 Å². The van der Waals surface area contributed by atoms with Crippen LogP contribution in [0.4, 0.5) is 23.2 Å². The lowest BCUT2D eigenvalue weighted by molar-refractivity contribution is -0.274. The first-order valence-corrected chi connectivity index (χ1v) is 11.2. The normalized spacial score (nSPS) is 15.3. The highest BCUT2D eigenvalue weighted by Crippen LogP contribution is 2.50. The van der Waals surface area contributed by atoms with Gasteiger partial charge in [0.1, 0.15) is 11.6 Å². The Labute approximate surface area is 203 Å². The quantitative estimate of drug-likeness (QED) is 0.371. The number of aromatic nitrogens is 2. The molecule has 0 bridgehead atoms. The highest BCUT2D eigenvalue weighted by Gasteiger charge is 2.53. The molecule has 1 amide bonds. The van der Waals surface area contributed by atoms with E-state index in [2.05, 4.69) is 15.2 Å². The number of nitrogens with zero attached hydrogens (tertiary/aromatic N) is 2. The van der Waals surface area contributed by atoms with Crippen LogP contribution in [0.2, 0.25) is 0 Å². The molecule has 1 saturated carbocycles. The van der Waals surface area contributed by atoms with Gasteiger partial charge in [0.15, 0.2) is 0 Å². The van der Waals surface area contributed by atoms with Gasteiger partial charge in [0.2, 0.25) is 5.91 Å². The van der Waals surface area contributed by atoms with Gasteiger partial charge in [-0.1, -0.05) is 19.1 Å². The molecule has 0 radical (unpaired) electrons. The average molecular weight is 505 g/mol. The van der Waals surface area contributed by atoms with Crippen molar-refractivity contribution in [3.05, 3.63) is 65.7 Å². The van der Waals surface area contributed by atoms with Gasteiger partial charge in [-0.15, -0.1) is 13.2 Å². The first-order chi connectivity index (χ1) is 16.9. The van der Waals surface area contributed by atoms with Crippen LogP contribution in [0.15, 0.2) is 48.8 Å². The van der Waals surface area contributed by atoms with Crippen LogP contribution in [0.5, 0.6) is 5.75 Å². The molecule has 1 aliphatic rings. The highest BCUT2D eigenvalue weighted by molar-refractivity contribution is 6.03. The van der Waals surface area contributed by atoms with E-state index in [1.165, 1.54) is 12.1 Å². The summed E-state index contributed by atoms with van der Waals surface area (Å²) in [5.41, 5.74) is -0.155. The lowest BCUT2D eigenvalue weighted by Crippen LogP contribution is -2.29. The van der Waals surface area contributed by atoms with Crippen LogP contribution in [0, 0.1) is 5.82 Å². The van der Waals surface area contributed by atoms with Crippen molar-refractivity contribution in [2.45, 2.75) is 50.9 Å². The predicted molar refractivity (Wildman–Crippen MR) is 122 cm³/mol. The first-order valence-electron chi connectivity index (χ1n) is 11.2. The molecule has 1 unspecified atom stereocenters. The number of hydrogen-bond acceptors (Lipinski definition) is 4. The molecule has 11 heteroatoms. The fourth-order valence-electron chi connectivity index (χ4n) is 4.03. The number of alkyl halides is 3. The van der Waals surface area contributed by atoms with Crippen molar-refractivity contribution >= 4 is 17.6 Å². The number of rotatable bonds is 8. The minimum Gasteiger partial charge on any atom is -0.478 e. The Hall–Kier alpha value is -3.89. The Morgan fingerprint density at radius 1 is 1.22 bits per heavy atom. The van der Waals surface area contributed by atoms with Crippen LogP contribution in [-0.4, -0.2) is 33.1 Å². The number of carboxylic acids is 1. The van der Waals surface area contributed by atoms with Gasteiger partial charge in [0.05, 0.1) is 17.2 Å². The summed E-state index contributed by atoms with van der Waals surface area (Å²) in [6.45, 7) is 4.00. The van der Waals surface area contributed by atoms with Crippen LogP contribution in [0.25, 0.3) is 11.1 Å². The second kappa shape index (κ2) is 9.29. The van der Waals surface area contributed by atoms with Crippen LogP contribution in [-0.2, 0) is 10.2 Å². The van der Waals surface area contributed by atoms with Crippen LogP contribution in [0.1, 0.15) is 55.1 Å². The molecule has 1 heterocycles. The smallest absolute Gasteiger partial charge is 0.478 e. The van der Waals surface area contributed by atoms with Crippen molar-refractivity contribution in [1.29, 1.82) is 0 Å². The molecule has 190 valence electrons. The third-order valence-corrected chi connectivity index (χ3v) is 6.34. The maximum Gasteiger partial charge on any atom is 0.573 e. The zero-order valence-electron chi connectivity index (χ0n) is 19.4. The van der Waals surface area contributed by atoms with Gasteiger partial charge in [-0.25, -0.2) is 9.18 Å². The number of carbonyl (C=O) groups excluding carboxylic acids is 1. The second-order valence-electron chi connectivity index (χ2n) is 8.76. The summed E-state index contributed by atoms with van der Waals surface area (Å²) in [6.07, 6.45) is -0.230. The van der Waals surface area contributed by atoms with Crippen LogP contribution < -0.4 is 10.1 Å². The molecular formula is C25H23F4N3O4. The van der Waals surface area contributed by atoms with E-state index in [1.54, 1.807) is 23.1 Å². The molecule has 7 nitrogen and oxygen atoms in total. The van der Waals surface area contributed by atoms with E-state index in [0.717, 1.165) is 18.6 Å². The molecule has 1 fully saturated rings. The van der Waals surface area contributed by atoms with E-state index in [9.17, 15) is 32.3 Å². The van der Waals surface area contributed by atoms with Crippen LogP contribution in [0.3, 0.4) is 0 Å². The second-order valence-corrected chi connectivity index (χ2v) is 8.76. The van der Waals surface area contributed by atoms with Gasteiger partial charge in [0, 0.05) is 35.1 Å². The third kappa shape index (κ3) is 5.05. The number of aromatic carboxylic acids is 1. The lowest BCUT2D eigenvalue weighted by atomic mass is 9.94. The van der Waals surface area contributed by atoms with Crippen molar-refractivity contribution in [3.8, 4) is 16.9 Å². The van der Waals surface area contributed by atoms with Crippen molar-refractivity contribution in [3.63, 3.8) is 0 Å². The minimum absolute atomic E-state index is 0.0536. The number of ether oxygens (including phenoxy) is 1. The van der Waals surface area contributed by atoms with Gasteiger partial charge < -0.3 is 15.2 Å². The molecule has 1 atom stereocenters. The lowest BCUT2D eigenvalue weighted by Gasteiger charge is -2.18. The molecule has 2 aromatic carbocycles. The maximum absolute atomic E-state index is 14.6. The molecule has 0 saturated heterocycles. The average Bonchev–Trinajstić information content (AvgIpc) is 3.46. The minimum atomic E-state index is -4.97. The largest absolute Gasteiger partial charge is 0.573 e. The van der Waals surface area contributed by atoms with E-state index < -0.39 is 35.2 Å². The zero-order valence-corrected chi connectivity index (χ0v) is 19.4. The maximum atomic E-state index is 14.6. The molecule has 0 aliphatic heterocycles. The number of carboxylic acid groups (broad SMARTS) is 1. The van der Waals surface area contributed by atoms with Crippen LogP contribution >= 0.6 is 0 Å². The fourth-order valence-corrected chi connectivity index (χ4v) is 4.03. The van der Waals surface area contributed by atoms with Crippen molar-refractivity contribution < 1.29 is 37.0 Å². The van der Waals surface area contributed by atoms with Gasteiger partial charge in [0.25, 0.3) is 0 Å². The van der Waals surface area contributed by atoms with E-state index in [1.807, 2.05) is 13.8 Å². The molecule has 1 aliphatic carbocycles. The van der Waals surface area contributed by atoms with Gasteiger partial charge >= 0.3 is 12.3 Å². The molecular weight excluding hydrogens is 482 g/mol. The third-order valence-electron chi connectivity index (χ3n) is 6.34. The van der Waals surface area contributed by atoms with Gasteiger partial charge in [-0.2, -0.15) is 5.10 Å². The zero-order chi connectivity index (χ0) is 26.3. The Bertz CT molecular complexity index is 1310. The number of carbonyl (C=O) groups is 2. The standard InChI is InChI=1S/C25H23F4N3O4/c1-3-14(2)32-13-15(12-30-32)18-6-4-16(10-19(18)22(33)34)31-23(35)24(8-9-24)20-7-5-17(11-21(20)26)36-25(27,28)29/h4-7,10-14H,3,8-9H2,1-2H3,(H,31,35)(H,33,34).